The lowest BCUT2D eigenvalue weighted by Crippen LogP contribution is -2.25. The topological polar surface area (TPSA) is 104 Å². The molecule has 21 heavy (non-hydrogen) atoms. The predicted octanol–water partition coefficient (Wildman–Crippen LogP) is 1.13. The molecule has 2 heterocycles. The van der Waals surface area contributed by atoms with Crippen LogP contribution < -0.4 is 14.9 Å². The maximum atomic E-state index is 12.3. The Bertz CT molecular complexity index is 752. The molecule has 2 aromatic rings. The molecule has 0 unspecified atom stereocenters. The van der Waals surface area contributed by atoms with Crippen LogP contribution in [0.2, 0.25) is 0 Å². The van der Waals surface area contributed by atoms with Crippen LogP contribution in [0.15, 0.2) is 33.5 Å². The molecular weight excluding hydrogens is 312 g/mol. The molecule has 114 valence electrons. The number of thiazole rings is 1. The minimum atomic E-state index is -3.70. The van der Waals surface area contributed by atoms with E-state index in [9.17, 15) is 13.2 Å². The monoisotopic (exact) mass is 328 g/mol. The molecule has 0 saturated carbocycles. The van der Waals surface area contributed by atoms with Gasteiger partial charge in [-0.2, -0.15) is 0 Å². The summed E-state index contributed by atoms with van der Waals surface area (Å²) in [6.45, 7) is 2.70. The molecule has 3 N–H and O–H groups in total. The summed E-state index contributed by atoms with van der Waals surface area (Å²) < 4.78 is 27.1. The summed E-state index contributed by atoms with van der Waals surface area (Å²) in [5, 5.41) is 4.64. The number of H-pyrrole nitrogens is 1. The lowest BCUT2D eigenvalue weighted by molar-refractivity contribution is 0.580. The van der Waals surface area contributed by atoms with Gasteiger partial charge in [-0.15, -0.1) is 0 Å². The highest BCUT2D eigenvalue weighted by molar-refractivity contribution is 7.89. The summed E-state index contributed by atoms with van der Waals surface area (Å²) in [7, 11) is -3.70. The van der Waals surface area contributed by atoms with E-state index in [4.69, 9.17) is 0 Å². The molecule has 0 radical (unpaired) electrons. The highest BCUT2D eigenvalue weighted by atomic mass is 32.2. The highest BCUT2D eigenvalue weighted by Crippen LogP contribution is 2.19. The van der Waals surface area contributed by atoms with Gasteiger partial charge < -0.3 is 10.3 Å². The lowest BCUT2D eigenvalue weighted by atomic mass is 10.4. The zero-order valence-electron chi connectivity index (χ0n) is 11.4. The number of rotatable bonds is 7. The van der Waals surface area contributed by atoms with Crippen LogP contribution >= 0.6 is 11.3 Å². The maximum Gasteiger partial charge on any atom is 0.304 e. The first-order chi connectivity index (χ1) is 10.0. The second-order valence-electron chi connectivity index (χ2n) is 4.30. The molecule has 0 bridgehead atoms. The van der Waals surface area contributed by atoms with Gasteiger partial charge in [0, 0.05) is 30.0 Å². The zero-order chi connectivity index (χ0) is 15.3. The molecule has 2 aromatic heterocycles. The van der Waals surface area contributed by atoms with Crippen LogP contribution in [0.1, 0.15) is 19.0 Å². The third-order valence-electron chi connectivity index (χ3n) is 2.66. The van der Waals surface area contributed by atoms with Crippen molar-refractivity contribution in [2.75, 3.05) is 11.9 Å². The van der Waals surface area contributed by atoms with Crippen molar-refractivity contribution in [3.05, 3.63) is 39.2 Å². The zero-order valence-corrected chi connectivity index (χ0v) is 13.1. The Morgan fingerprint density at radius 2 is 2.24 bits per heavy atom. The van der Waals surface area contributed by atoms with E-state index in [0.29, 0.717) is 17.9 Å². The summed E-state index contributed by atoms with van der Waals surface area (Å²) in [6.07, 6.45) is 3.72. The second-order valence-corrected chi connectivity index (χ2v) is 6.87. The summed E-state index contributed by atoms with van der Waals surface area (Å²) >= 11 is 0.994. The molecule has 2 rings (SSSR count). The largest absolute Gasteiger partial charge is 0.384 e. The fraction of sp³-hybridized carbons (Fsp3) is 0.333. The molecule has 0 spiro atoms. The van der Waals surface area contributed by atoms with Gasteiger partial charge in [0.1, 0.15) is 4.90 Å². The molecule has 0 aliphatic heterocycles. The van der Waals surface area contributed by atoms with Crippen LogP contribution in [-0.2, 0) is 16.6 Å². The molecule has 0 atom stereocenters. The number of hydrogen-bond donors (Lipinski definition) is 3. The first kappa shape index (κ1) is 15.7. The van der Waals surface area contributed by atoms with Crippen molar-refractivity contribution in [3.8, 4) is 0 Å². The van der Waals surface area contributed by atoms with Crippen LogP contribution in [0.25, 0.3) is 0 Å². The van der Waals surface area contributed by atoms with Gasteiger partial charge in [-0.1, -0.05) is 18.3 Å². The molecule has 9 heteroatoms. The van der Waals surface area contributed by atoms with Crippen LogP contribution in [-0.4, -0.2) is 24.9 Å². The van der Waals surface area contributed by atoms with Gasteiger partial charge in [0.25, 0.3) is 0 Å². The van der Waals surface area contributed by atoms with Gasteiger partial charge in [0.2, 0.25) is 10.0 Å². The Morgan fingerprint density at radius 3 is 2.90 bits per heavy atom. The molecule has 0 aliphatic rings. The number of nitrogens with one attached hydrogen (secondary N) is 3. The Hall–Kier alpha value is -1.71. The first-order valence-corrected chi connectivity index (χ1v) is 8.73. The van der Waals surface area contributed by atoms with Crippen LogP contribution in [0, 0.1) is 0 Å². The van der Waals surface area contributed by atoms with Crippen molar-refractivity contribution in [1.29, 1.82) is 0 Å². The van der Waals surface area contributed by atoms with Gasteiger partial charge in [0.15, 0.2) is 0 Å². The maximum absolute atomic E-state index is 12.3. The molecule has 7 nitrogen and oxygen atoms in total. The number of nitrogens with zero attached hydrogens (tertiary/aromatic N) is 1. The first-order valence-electron chi connectivity index (χ1n) is 6.37. The predicted molar refractivity (Wildman–Crippen MR) is 82.0 cm³/mol. The summed E-state index contributed by atoms with van der Waals surface area (Å²) in [5.74, 6) is 0. The Labute approximate surface area is 126 Å². The molecule has 0 aromatic carbocycles. The number of sulfonamides is 1. The van der Waals surface area contributed by atoms with Gasteiger partial charge in [-0.25, -0.2) is 13.1 Å². The Kier molecular flexibility index (Phi) is 5.10. The van der Waals surface area contributed by atoms with E-state index in [2.05, 4.69) is 20.0 Å². The van der Waals surface area contributed by atoms with Crippen molar-refractivity contribution < 1.29 is 8.42 Å². The summed E-state index contributed by atoms with van der Waals surface area (Å²) in [5.41, 5.74) is 1.04. The average molecular weight is 328 g/mol. The lowest BCUT2D eigenvalue weighted by Gasteiger charge is -2.11. The Morgan fingerprint density at radius 1 is 1.43 bits per heavy atom. The van der Waals surface area contributed by atoms with E-state index in [-0.39, 0.29) is 16.3 Å². The number of anilines is 1. The van der Waals surface area contributed by atoms with Crippen molar-refractivity contribution in [2.24, 2.45) is 0 Å². The summed E-state index contributed by atoms with van der Waals surface area (Å²) in [4.78, 5) is 17.3. The average Bonchev–Trinajstić information content (AvgIpc) is 2.89. The van der Waals surface area contributed by atoms with E-state index in [1.165, 1.54) is 12.4 Å². The van der Waals surface area contributed by atoms with Gasteiger partial charge in [0.05, 0.1) is 12.2 Å². The van der Waals surface area contributed by atoms with Gasteiger partial charge in [-0.3, -0.25) is 9.78 Å². The summed E-state index contributed by atoms with van der Waals surface area (Å²) in [6, 6.07) is 1.62. The van der Waals surface area contributed by atoms with Crippen LogP contribution in [0.3, 0.4) is 0 Å². The normalized spacial score (nSPS) is 11.5. The molecule has 0 aliphatic carbocycles. The quantitative estimate of drug-likeness (QED) is 0.707. The van der Waals surface area contributed by atoms with Crippen molar-refractivity contribution >= 4 is 27.0 Å². The van der Waals surface area contributed by atoms with E-state index in [1.807, 2.05) is 6.92 Å². The third kappa shape index (κ3) is 4.13. The molecule has 0 saturated heterocycles. The minimum Gasteiger partial charge on any atom is -0.384 e. The number of hydrogen-bond acceptors (Lipinski definition) is 6. The SMILES string of the molecule is CCCNc1ccncc1S(=O)(=O)NCc1csc(=O)[nH]1. The molecule has 0 fully saturated rings. The number of aromatic nitrogens is 2. The van der Waals surface area contributed by atoms with E-state index in [0.717, 1.165) is 17.8 Å². The third-order valence-corrected chi connectivity index (χ3v) is 4.81. The number of pyridine rings is 1. The van der Waals surface area contributed by atoms with Crippen LogP contribution in [0.4, 0.5) is 5.69 Å². The minimum absolute atomic E-state index is 0.0309. The van der Waals surface area contributed by atoms with Crippen molar-refractivity contribution in [3.63, 3.8) is 0 Å². The van der Waals surface area contributed by atoms with Crippen molar-refractivity contribution in [2.45, 2.75) is 24.8 Å². The van der Waals surface area contributed by atoms with Crippen LogP contribution in [0.5, 0.6) is 0 Å². The standard InChI is InChI=1S/C12H16N4O3S2/c1-2-4-14-10-3-5-13-7-11(10)21(18,19)15-6-9-8-20-12(17)16-9/h3,5,7-8,15H,2,4,6H2,1H3,(H,13,14)(H,16,17). The smallest absolute Gasteiger partial charge is 0.304 e. The van der Waals surface area contributed by atoms with E-state index in [1.54, 1.807) is 11.4 Å². The van der Waals surface area contributed by atoms with Gasteiger partial charge >= 0.3 is 4.87 Å². The van der Waals surface area contributed by atoms with Crippen molar-refractivity contribution in [1.82, 2.24) is 14.7 Å². The molecule has 0 amide bonds. The van der Waals surface area contributed by atoms with Gasteiger partial charge in [-0.05, 0) is 12.5 Å². The van der Waals surface area contributed by atoms with E-state index < -0.39 is 10.0 Å². The number of aromatic amines is 1. The van der Waals surface area contributed by atoms with E-state index >= 15 is 0 Å². The Balaban J connectivity index is 2.17. The second kappa shape index (κ2) is 6.83. The fourth-order valence-corrected chi connectivity index (χ4v) is 3.36. The molecular formula is C12H16N4O3S2. The highest BCUT2D eigenvalue weighted by Gasteiger charge is 2.18. The fourth-order valence-electron chi connectivity index (χ4n) is 1.65.